The Bertz CT molecular complexity index is 708. The summed E-state index contributed by atoms with van der Waals surface area (Å²) in [5.41, 5.74) is 6.40. The van der Waals surface area contributed by atoms with Gasteiger partial charge in [-0.1, -0.05) is 25.4 Å². The molecule has 0 unspecified atom stereocenters. The van der Waals surface area contributed by atoms with Crippen molar-refractivity contribution in [3.05, 3.63) is 45.4 Å². The third kappa shape index (κ3) is 8.66. The lowest BCUT2D eigenvalue weighted by Crippen LogP contribution is -2.40. The van der Waals surface area contributed by atoms with Crippen molar-refractivity contribution in [2.24, 2.45) is 11.1 Å². The highest BCUT2D eigenvalue weighted by molar-refractivity contribution is 7.09. The molecule has 0 atom stereocenters. The van der Waals surface area contributed by atoms with Gasteiger partial charge in [-0.15, -0.1) is 36.2 Å². The molecule has 0 fully saturated rings. The highest BCUT2D eigenvalue weighted by Crippen LogP contribution is 2.19. The number of ether oxygens (including phenoxy) is 1. The van der Waals surface area contributed by atoms with Crippen LogP contribution in [-0.2, 0) is 17.8 Å². The zero-order valence-electron chi connectivity index (χ0n) is 15.6. The lowest BCUT2D eigenvalue weighted by Gasteiger charge is -2.28. The van der Waals surface area contributed by atoms with E-state index >= 15 is 0 Å². The molecular formula is C18H26Cl3N3O2S. The minimum absolute atomic E-state index is 0. The average molecular weight is 455 g/mol. The molecule has 1 aromatic carbocycles. The van der Waals surface area contributed by atoms with Crippen molar-refractivity contribution in [3.63, 3.8) is 0 Å². The fourth-order valence-corrected chi connectivity index (χ4v) is 3.09. The Morgan fingerprint density at radius 2 is 1.93 bits per heavy atom. The van der Waals surface area contributed by atoms with Crippen molar-refractivity contribution in [1.82, 2.24) is 9.88 Å². The number of benzene rings is 1. The van der Waals surface area contributed by atoms with Gasteiger partial charge < -0.3 is 15.4 Å². The molecule has 0 radical (unpaired) electrons. The minimum atomic E-state index is -0.0932. The highest BCUT2D eigenvalue weighted by atomic mass is 35.5. The maximum Gasteiger partial charge on any atom is 0.228 e. The first-order valence-corrected chi connectivity index (χ1v) is 9.30. The van der Waals surface area contributed by atoms with E-state index in [4.69, 9.17) is 22.1 Å². The molecule has 152 valence electrons. The Hall–Kier alpha value is -1.05. The van der Waals surface area contributed by atoms with Gasteiger partial charge in [-0.3, -0.25) is 4.79 Å². The maximum atomic E-state index is 12.3. The van der Waals surface area contributed by atoms with Gasteiger partial charge in [-0.05, 0) is 36.2 Å². The summed E-state index contributed by atoms with van der Waals surface area (Å²) in [5.74, 6) is 0.776. The molecule has 0 spiro atoms. The van der Waals surface area contributed by atoms with Crippen LogP contribution in [0.15, 0.2) is 29.6 Å². The third-order valence-corrected chi connectivity index (χ3v) is 4.87. The molecule has 0 aliphatic carbocycles. The molecule has 0 bridgehead atoms. The van der Waals surface area contributed by atoms with E-state index in [2.05, 4.69) is 4.98 Å². The molecule has 2 N–H and O–H groups in total. The summed E-state index contributed by atoms with van der Waals surface area (Å²) in [6.45, 7) is 5.63. The monoisotopic (exact) mass is 453 g/mol. The Morgan fingerprint density at radius 3 is 2.52 bits per heavy atom. The van der Waals surface area contributed by atoms with Gasteiger partial charge in [0.1, 0.15) is 17.4 Å². The fourth-order valence-electron chi connectivity index (χ4n) is 2.26. The van der Waals surface area contributed by atoms with Crippen LogP contribution >= 0.6 is 47.8 Å². The normalized spacial score (nSPS) is 10.6. The summed E-state index contributed by atoms with van der Waals surface area (Å²) < 4.78 is 5.67. The number of hydrogen-bond donors (Lipinski definition) is 1. The topological polar surface area (TPSA) is 68.5 Å². The van der Waals surface area contributed by atoms with E-state index in [1.54, 1.807) is 24.1 Å². The second-order valence-corrected chi connectivity index (χ2v) is 8.15. The van der Waals surface area contributed by atoms with Crippen LogP contribution in [-0.4, -0.2) is 35.9 Å². The number of rotatable bonds is 8. The van der Waals surface area contributed by atoms with Gasteiger partial charge in [0.05, 0.1) is 12.1 Å². The summed E-state index contributed by atoms with van der Waals surface area (Å²) in [6, 6.07) is 7.19. The molecule has 5 nitrogen and oxygen atoms in total. The second kappa shape index (κ2) is 11.7. The number of nitrogens with zero attached hydrogens (tertiary/aromatic N) is 2. The molecule has 2 aromatic rings. The number of thiazole rings is 1. The van der Waals surface area contributed by atoms with E-state index in [-0.39, 0.29) is 42.6 Å². The first-order valence-electron chi connectivity index (χ1n) is 8.05. The smallest absolute Gasteiger partial charge is 0.228 e. The molecule has 0 aliphatic rings. The van der Waals surface area contributed by atoms with Crippen LogP contribution in [0.25, 0.3) is 0 Å². The predicted molar refractivity (Wildman–Crippen MR) is 117 cm³/mol. The van der Waals surface area contributed by atoms with Gasteiger partial charge in [0.25, 0.3) is 0 Å². The summed E-state index contributed by atoms with van der Waals surface area (Å²) in [5, 5.41) is 3.41. The summed E-state index contributed by atoms with van der Waals surface area (Å²) >= 11 is 7.34. The number of halogens is 3. The van der Waals surface area contributed by atoms with E-state index in [0.29, 0.717) is 24.7 Å². The summed E-state index contributed by atoms with van der Waals surface area (Å²) in [7, 11) is 1.80. The number of likely N-dealkylation sites (N-methyl/N-ethyl adjacent to an activating group) is 1. The Balaban J connectivity index is 0.00000338. The Labute approximate surface area is 182 Å². The van der Waals surface area contributed by atoms with Gasteiger partial charge in [0.2, 0.25) is 5.91 Å². The standard InChI is InChI=1S/C18H24ClN3O2S.2ClH/c1-18(2,11-20)12-22(3)17(23)8-14-10-25-16(21-14)9-24-15-6-4-13(19)5-7-15;;/h4-7,10H,8-9,11-12,20H2,1-3H3;2*1H. The molecule has 1 aromatic heterocycles. The van der Waals surface area contributed by atoms with E-state index in [1.807, 2.05) is 31.4 Å². The van der Waals surface area contributed by atoms with Crippen LogP contribution in [0, 0.1) is 5.41 Å². The van der Waals surface area contributed by atoms with Crippen LogP contribution in [0.3, 0.4) is 0 Å². The fraction of sp³-hybridized carbons (Fsp3) is 0.444. The van der Waals surface area contributed by atoms with Crippen LogP contribution in [0.2, 0.25) is 5.02 Å². The van der Waals surface area contributed by atoms with Gasteiger partial charge in [0, 0.05) is 24.0 Å². The molecule has 0 aliphatic heterocycles. The van der Waals surface area contributed by atoms with E-state index < -0.39 is 0 Å². The number of aromatic nitrogens is 1. The van der Waals surface area contributed by atoms with Crippen molar-refractivity contribution in [1.29, 1.82) is 0 Å². The summed E-state index contributed by atoms with van der Waals surface area (Å²) in [6.07, 6.45) is 0.286. The zero-order chi connectivity index (χ0) is 18.4. The first-order chi connectivity index (χ1) is 11.8. The molecule has 1 amide bonds. The van der Waals surface area contributed by atoms with E-state index in [9.17, 15) is 4.79 Å². The van der Waals surface area contributed by atoms with Crippen LogP contribution in [0.1, 0.15) is 24.5 Å². The number of carbonyl (C=O) groups is 1. The number of hydrogen-bond acceptors (Lipinski definition) is 5. The second-order valence-electron chi connectivity index (χ2n) is 6.77. The predicted octanol–water partition coefficient (Wildman–Crippen LogP) is 4.20. The van der Waals surface area contributed by atoms with Gasteiger partial charge in [-0.25, -0.2) is 4.98 Å². The van der Waals surface area contributed by atoms with E-state index in [1.165, 1.54) is 11.3 Å². The first kappa shape index (κ1) is 26.0. The SMILES string of the molecule is CN(CC(C)(C)CN)C(=O)Cc1csc(COc2ccc(Cl)cc2)n1.Cl.Cl. The van der Waals surface area contributed by atoms with Crippen molar-refractivity contribution >= 4 is 53.7 Å². The molecule has 1 heterocycles. The van der Waals surface area contributed by atoms with Crippen LogP contribution in [0.4, 0.5) is 0 Å². The van der Waals surface area contributed by atoms with E-state index in [0.717, 1.165) is 16.5 Å². The maximum absolute atomic E-state index is 12.3. The molecule has 0 saturated carbocycles. The van der Waals surface area contributed by atoms with Crippen LogP contribution < -0.4 is 10.5 Å². The lowest BCUT2D eigenvalue weighted by molar-refractivity contribution is -0.130. The van der Waals surface area contributed by atoms with Crippen LogP contribution in [0.5, 0.6) is 5.75 Å². The molecule has 2 rings (SSSR count). The number of amides is 1. The largest absolute Gasteiger partial charge is 0.486 e. The Kier molecular flexibility index (Phi) is 11.3. The minimum Gasteiger partial charge on any atom is -0.486 e. The summed E-state index contributed by atoms with van der Waals surface area (Å²) in [4.78, 5) is 18.5. The average Bonchev–Trinajstić information content (AvgIpc) is 3.01. The zero-order valence-corrected chi connectivity index (χ0v) is 18.8. The van der Waals surface area contributed by atoms with Gasteiger partial charge >= 0.3 is 0 Å². The van der Waals surface area contributed by atoms with Crippen molar-refractivity contribution in [2.45, 2.75) is 26.9 Å². The van der Waals surface area contributed by atoms with Crippen molar-refractivity contribution in [2.75, 3.05) is 20.1 Å². The quantitative estimate of drug-likeness (QED) is 0.649. The van der Waals surface area contributed by atoms with Gasteiger partial charge in [-0.2, -0.15) is 0 Å². The number of carbonyl (C=O) groups excluding carboxylic acids is 1. The Morgan fingerprint density at radius 1 is 1.30 bits per heavy atom. The van der Waals surface area contributed by atoms with Crippen molar-refractivity contribution < 1.29 is 9.53 Å². The molecular weight excluding hydrogens is 429 g/mol. The molecule has 9 heteroatoms. The van der Waals surface area contributed by atoms with Gasteiger partial charge in [0.15, 0.2) is 0 Å². The number of nitrogens with two attached hydrogens (primary N) is 1. The highest BCUT2D eigenvalue weighted by Gasteiger charge is 2.21. The third-order valence-electron chi connectivity index (χ3n) is 3.75. The lowest BCUT2D eigenvalue weighted by atomic mass is 9.93. The molecule has 27 heavy (non-hydrogen) atoms. The molecule has 0 saturated heterocycles. The van der Waals surface area contributed by atoms with Crippen molar-refractivity contribution in [3.8, 4) is 5.75 Å².